The number of halogens is 2. The Labute approximate surface area is 137 Å². The van der Waals surface area contributed by atoms with E-state index in [9.17, 15) is 9.18 Å². The Bertz CT molecular complexity index is 661. The number of hydrogen-bond donors (Lipinski definition) is 1. The lowest BCUT2D eigenvalue weighted by Gasteiger charge is -2.08. The number of carbonyl (C=O) groups is 1. The lowest BCUT2D eigenvalue weighted by atomic mass is 10.2. The average Bonchev–Trinajstić information content (AvgIpc) is 2.47. The standard InChI is InChI=1S/C17H17BrFNO2/c1-12-4-2-5-14(10-12)22-9-3-6-17(21)20-16-8-7-13(18)11-15(16)19/h2,4-5,7-8,10-11H,3,6,9H2,1H3,(H,20,21). The molecule has 0 aliphatic carbocycles. The molecule has 1 amide bonds. The molecular weight excluding hydrogens is 349 g/mol. The van der Waals surface area contributed by atoms with Crippen LogP contribution in [0.5, 0.6) is 5.75 Å². The zero-order valence-electron chi connectivity index (χ0n) is 12.2. The van der Waals surface area contributed by atoms with Crippen LogP contribution >= 0.6 is 15.9 Å². The summed E-state index contributed by atoms with van der Waals surface area (Å²) in [7, 11) is 0. The number of amides is 1. The molecule has 0 atom stereocenters. The molecule has 0 spiro atoms. The molecule has 0 aromatic heterocycles. The summed E-state index contributed by atoms with van der Waals surface area (Å²) in [5.41, 5.74) is 1.31. The van der Waals surface area contributed by atoms with Gasteiger partial charge in [0.25, 0.3) is 0 Å². The van der Waals surface area contributed by atoms with Gasteiger partial charge in [-0.15, -0.1) is 0 Å². The monoisotopic (exact) mass is 365 g/mol. The molecule has 0 aliphatic heterocycles. The fraction of sp³-hybridized carbons (Fsp3) is 0.235. The lowest BCUT2D eigenvalue weighted by Crippen LogP contribution is -2.13. The van der Waals surface area contributed by atoms with Gasteiger partial charge in [-0.3, -0.25) is 4.79 Å². The number of benzene rings is 2. The second kappa shape index (κ2) is 7.94. The first-order valence-electron chi connectivity index (χ1n) is 6.99. The van der Waals surface area contributed by atoms with Crippen LogP contribution in [0.25, 0.3) is 0 Å². The van der Waals surface area contributed by atoms with E-state index in [1.165, 1.54) is 12.1 Å². The highest BCUT2D eigenvalue weighted by Gasteiger charge is 2.07. The van der Waals surface area contributed by atoms with E-state index >= 15 is 0 Å². The first-order valence-corrected chi connectivity index (χ1v) is 7.78. The van der Waals surface area contributed by atoms with Crippen molar-refractivity contribution in [1.82, 2.24) is 0 Å². The Hall–Kier alpha value is -1.88. The molecule has 0 fully saturated rings. The predicted octanol–water partition coefficient (Wildman–Crippen LogP) is 4.69. The van der Waals surface area contributed by atoms with Crippen molar-refractivity contribution in [2.45, 2.75) is 19.8 Å². The number of aryl methyl sites for hydroxylation is 1. The molecule has 0 saturated carbocycles. The fourth-order valence-corrected chi connectivity index (χ4v) is 2.26. The third-order valence-corrected chi connectivity index (χ3v) is 3.50. The van der Waals surface area contributed by atoms with Crippen LogP contribution in [-0.4, -0.2) is 12.5 Å². The van der Waals surface area contributed by atoms with Crippen LogP contribution < -0.4 is 10.1 Å². The van der Waals surface area contributed by atoms with Crippen LogP contribution in [0.3, 0.4) is 0 Å². The average molecular weight is 366 g/mol. The SMILES string of the molecule is Cc1cccc(OCCCC(=O)Nc2ccc(Br)cc2F)c1. The van der Waals surface area contributed by atoms with Crippen LogP contribution in [-0.2, 0) is 4.79 Å². The highest BCUT2D eigenvalue weighted by atomic mass is 79.9. The van der Waals surface area contributed by atoms with Crippen molar-refractivity contribution in [2.75, 3.05) is 11.9 Å². The van der Waals surface area contributed by atoms with E-state index in [0.29, 0.717) is 17.5 Å². The first kappa shape index (κ1) is 16.5. The van der Waals surface area contributed by atoms with Crippen molar-refractivity contribution in [1.29, 1.82) is 0 Å². The summed E-state index contributed by atoms with van der Waals surface area (Å²) in [6.45, 7) is 2.44. The van der Waals surface area contributed by atoms with Crippen molar-refractivity contribution in [3.05, 3.63) is 58.3 Å². The molecule has 5 heteroatoms. The molecule has 2 aromatic carbocycles. The second-order valence-corrected chi connectivity index (χ2v) is 5.86. The van der Waals surface area contributed by atoms with Gasteiger partial charge in [-0.2, -0.15) is 0 Å². The van der Waals surface area contributed by atoms with Crippen molar-refractivity contribution in [3.8, 4) is 5.75 Å². The van der Waals surface area contributed by atoms with Gasteiger partial charge < -0.3 is 10.1 Å². The molecule has 22 heavy (non-hydrogen) atoms. The summed E-state index contributed by atoms with van der Waals surface area (Å²) in [5.74, 6) is 0.104. The minimum Gasteiger partial charge on any atom is -0.494 e. The molecule has 0 heterocycles. The third kappa shape index (κ3) is 5.15. The Balaban J connectivity index is 1.74. The minimum absolute atomic E-state index is 0.188. The molecular formula is C17H17BrFNO2. The molecule has 0 bridgehead atoms. The lowest BCUT2D eigenvalue weighted by molar-refractivity contribution is -0.116. The van der Waals surface area contributed by atoms with Crippen molar-refractivity contribution >= 4 is 27.5 Å². The van der Waals surface area contributed by atoms with Gasteiger partial charge in [0, 0.05) is 10.9 Å². The van der Waals surface area contributed by atoms with Crippen LogP contribution in [0.15, 0.2) is 46.9 Å². The van der Waals surface area contributed by atoms with Gasteiger partial charge in [-0.1, -0.05) is 28.1 Å². The summed E-state index contributed by atoms with van der Waals surface area (Å²) in [6, 6.07) is 12.3. The van der Waals surface area contributed by atoms with E-state index in [4.69, 9.17) is 4.74 Å². The fourth-order valence-electron chi connectivity index (χ4n) is 1.93. The van der Waals surface area contributed by atoms with Crippen molar-refractivity contribution in [3.63, 3.8) is 0 Å². The van der Waals surface area contributed by atoms with Gasteiger partial charge >= 0.3 is 0 Å². The highest BCUT2D eigenvalue weighted by molar-refractivity contribution is 9.10. The maximum absolute atomic E-state index is 13.6. The number of nitrogens with one attached hydrogen (secondary N) is 1. The van der Waals surface area contributed by atoms with Gasteiger partial charge in [0.1, 0.15) is 11.6 Å². The zero-order chi connectivity index (χ0) is 15.9. The Morgan fingerprint density at radius 1 is 1.27 bits per heavy atom. The summed E-state index contributed by atoms with van der Waals surface area (Å²) >= 11 is 3.17. The van der Waals surface area contributed by atoms with E-state index in [2.05, 4.69) is 21.2 Å². The van der Waals surface area contributed by atoms with Gasteiger partial charge in [0.05, 0.1) is 12.3 Å². The van der Waals surface area contributed by atoms with Crippen molar-refractivity contribution in [2.24, 2.45) is 0 Å². The molecule has 0 unspecified atom stereocenters. The van der Waals surface area contributed by atoms with Gasteiger partial charge in [-0.05, 0) is 49.2 Å². The number of carbonyl (C=O) groups excluding carboxylic acids is 1. The van der Waals surface area contributed by atoms with Crippen LogP contribution in [0.1, 0.15) is 18.4 Å². The summed E-state index contributed by atoms with van der Waals surface area (Å²) in [6.07, 6.45) is 0.846. The third-order valence-electron chi connectivity index (χ3n) is 3.01. The smallest absolute Gasteiger partial charge is 0.224 e. The molecule has 3 nitrogen and oxygen atoms in total. The quantitative estimate of drug-likeness (QED) is 0.753. The molecule has 0 aliphatic rings. The summed E-state index contributed by atoms with van der Waals surface area (Å²) in [4.78, 5) is 11.8. The second-order valence-electron chi connectivity index (χ2n) is 4.94. The zero-order valence-corrected chi connectivity index (χ0v) is 13.8. The van der Waals surface area contributed by atoms with E-state index in [1.54, 1.807) is 6.07 Å². The number of anilines is 1. The molecule has 0 radical (unpaired) electrons. The van der Waals surface area contributed by atoms with Gasteiger partial charge in [0.15, 0.2) is 0 Å². The largest absolute Gasteiger partial charge is 0.494 e. The predicted molar refractivity (Wildman–Crippen MR) is 88.6 cm³/mol. The molecule has 2 rings (SSSR count). The molecule has 116 valence electrons. The summed E-state index contributed by atoms with van der Waals surface area (Å²) in [5, 5.41) is 2.55. The minimum atomic E-state index is -0.460. The molecule has 0 saturated heterocycles. The number of ether oxygens (including phenoxy) is 1. The van der Waals surface area contributed by atoms with Crippen LogP contribution in [0.2, 0.25) is 0 Å². The summed E-state index contributed by atoms with van der Waals surface area (Å²) < 4.78 is 19.8. The molecule has 1 N–H and O–H groups in total. The number of rotatable bonds is 6. The van der Waals surface area contributed by atoms with E-state index in [0.717, 1.165) is 11.3 Å². The Morgan fingerprint density at radius 3 is 2.82 bits per heavy atom. The Kier molecular flexibility index (Phi) is 5.95. The first-order chi connectivity index (χ1) is 10.5. The topological polar surface area (TPSA) is 38.3 Å². The van der Waals surface area contributed by atoms with Gasteiger partial charge in [-0.25, -0.2) is 4.39 Å². The van der Waals surface area contributed by atoms with E-state index in [1.807, 2.05) is 31.2 Å². The van der Waals surface area contributed by atoms with Gasteiger partial charge in [0.2, 0.25) is 5.91 Å². The normalized spacial score (nSPS) is 10.3. The van der Waals surface area contributed by atoms with Crippen LogP contribution in [0, 0.1) is 12.7 Å². The highest BCUT2D eigenvalue weighted by Crippen LogP contribution is 2.19. The van der Waals surface area contributed by atoms with E-state index in [-0.39, 0.29) is 18.0 Å². The maximum atomic E-state index is 13.6. The van der Waals surface area contributed by atoms with E-state index < -0.39 is 5.82 Å². The van der Waals surface area contributed by atoms with Crippen LogP contribution in [0.4, 0.5) is 10.1 Å². The maximum Gasteiger partial charge on any atom is 0.224 e. The molecule has 2 aromatic rings. The van der Waals surface area contributed by atoms with Crippen molar-refractivity contribution < 1.29 is 13.9 Å². The number of hydrogen-bond acceptors (Lipinski definition) is 2. The Morgan fingerprint density at radius 2 is 2.09 bits per heavy atom.